The first-order valence-electron chi connectivity index (χ1n) is 7.05. The first kappa shape index (κ1) is 13.7. The van der Waals surface area contributed by atoms with E-state index >= 15 is 0 Å². The first-order chi connectivity index (χ1) is 9.24. The molecule has 1 atom stereocenters. The van der Waals surface area contributed by atoms with Crippen molar-refractivity contribution in [2.45, 2.75) is 37.9 Å². The van der Waals surface area contributed by atoms with Crippen molar-refractivity contribution in [2.75, 3.05) is 13.1 Å². The van der Waals surface area contributed by atoms with Gasteiger partial charge in [0.05, 0.1) is 22.3 Å². The van der Waals surface area contributed by atoms with E-state index in [0.29, 0.717) is 22.1 Å². The Morgan fingerprint density at radius 3 is 2.42 bits per heavy atom. The van der Waals surface area contributed by atoms with Gasteiger partial charge in [-0.3, -0.25) is 0 Å². The molecule has 4 heteroatoms. The third-order valence-corrected chi connectivity index (χ3v) is 4.89. The van der Waals surface area contributed by atoms with E-state index in [4.69, 9.17) is 27.9 Å². The molecule has 19 heavy (non-hydrogen) atoms. The molecule has 2 fully saturated rings. The summed E-state index contributed by atoms with van der Waals surface area (Å²) >= 11 is 12.1. The van der Waals surface area contributed by atoms with Crippen LogP contribution in [-0.2, 0) is 4.74 Å². The highest BCUT2D eigenvalue weighted by atomic mass is 35.5. The van der Waals surface area contributed by atoms with Crippen molar-refractivity contribution in [2.24, 2.45) is 5.92 Å². The molecule has 2 aliphatic rings. The van der Waals surface area contributed by atoms with Gasteiger partial charge in [0.25, 0.3) is 0 Å². The van der Waals surface area contributed by atoms with Crippen LogP contribution in [0.15, 0.2) is 18.2 Å². The number of halogens is 2. The van der Waals surface area contributed by atoms with Crippen molar-refractivity contribution < 1.29 is 4.74 Å². The second-order valence-corrected chi connectivity index (χ2v) is 6.37. The zero-order valence-electron chi connectivity index (χ0n) is 10.9. The molecule has 2 nitrogen and oxygen atoms in total. The summed E-state index contributed by atoms with van der Waals surface area (Å²) in [5, 5.41) is 4.55. The highest BCUT2D eigenvalue weighted by Crippen LogP contribution is 2.36. The molecule has 3 rings (SSSR count). The van der Waals surface area contributed by atoms with Crippen LogP contribution in [-0.4, -0.2) is 19.2 Å². The molecular weight excluding hydrogens is 281 g/mol. The number of benzene rings is 1. The van der Waals surface area contributed by atoms with Crippen LogP contribution in [0.1, 0.15) is 37.4 Å². The van der Waals surface area contributed by atoms with Gasteiger partial charge in [-0.25, -0.2) is 0 Å². The van der Waals surface area contributed by atoms with Crippen LogP contribution in [0.25, 0.3) is 0 Å². The fraction of sp³-hybridized carbons (Fsp3) is 0.600. The van der Waals surface area contributed by atoms with Gasteiger partial charge in [-0.15, -0.1) is 0 Å². The molecule has 1 aliphatic carbocycles. The maximum atomic E-state index is 6.35. The molecule has 1 aromatic carbocycles. The Hall–Kier alpha value is -0.280. The van der Waals surface area contributed by atoms with E-state index in [2.05, 4.69) is 5.32 Å². The fourth-order valence-corrected chi connectivity index (χ4v) is 3.21. The smallest absolute Gasteiger partial charge is 0.0881 e. The lowest BCUT2D eigenvalue weighted by molar-refractivity contribution is -0.0537. The van der Waals surface area contributed by atoms with Gasteiger partial charge in [0.1, 0.15) is 0 Å². The van der Waals surface area contributed by atoms with E-state index in [1.54, 1.807) is 0 Å². The fourth-order valence-electron chi connectivity index (χ4n) is 2.91. The topological polar surface area (TPSA) is 21.3 Å². The van der Waals surface area contributed by atoms with Gasteiger partial charge >= 0.3 is 0 Å². The summed E-state index contributed by atoms with van der Waals surface area (Å²) in [5.74, 6) is 0.554. The van der Waals surface area contributed by atoms with Crippen molar-refractivity contribution >= 4 is 23.2 Å². The van der Waals surface area contributed by atoms with Crippen molar-refractivity contribution in [1.29, 1.82) is 0 Å². The summed E-state index contributed by atoms with van der Waals surface area (Å²) in [7, 11) is 0. The minimum absolute atomic E-state index is 0.152. The van der Waals surface area contributed by atoms with Crippen LogP contribution in [0.5, 0.6) is 0 Å². The second kappa shape index (κ2) is 6.01. The lowest BCUT2D eigenvalue weighted by Crippen LogP contribution is -2.46. The van der Waals surface area contributed by atoms with Crippen molar-refractivity contribution in [3.05, 3.63) is 33.8 Å². The van der Waals surface area contributed by atoms with E-state index in [-0.39, 0.29) is 6.10 Å². The van der Waals surface area contributed by atoms with E-state index in [1.165, 1.54) is 25.7 Å². The zero-order chi connectivity index (χ0) is 13.2. The molecule has 0 amide bonds. The number of rotatable bonds is 4. The van der Waals surface area contributed by atoms with Crippen molar-refractivity contribution in [1.82, 2.24) is 5.32 Å². The quantitative estimate of drug-likeness (QED) is 0.899. The second-order valence-electron chi connectivity index (χ2n) is 5.56. The number of hydrogen-bond acceptors (Lipinski definition) is 2. The summed E-state index contributed by atoms with van der Waals surface area (Å²) in [6, 6.07) is 5.88. The summed E-state index contributed by atoms with van der Waals surface area (Å²) < 4.78 is 6.35. The maximum absolute atomic E-state index is 6.35. The summed E-state index contributed by atoms with van der Waals surface area (Å²) in [4.78, 5) is 0. The molecule has 1 aromatic rings. The van der Waals surface area contributed by atoms with Gasteiger partial charge in [0.15, 0.2) is 0 Å². The van der Waals surface area contributed by atoms with Gasteiger partial charge in [0.2, 0.25) is 0 Å². The van der Waals surface area contributed by atoms with Crippen LogP contribution >= 0.6 is 23.2 Å². The lowest BCUT2D eigenvalue weighted by atomic mass is 9.90. The lowest BCUT2D eigenvalue weighted by Gasteiger charge is -2.36. The monoisotopic (exact) mass is 299 g/mol. The average Bonchev–Trinajstić information content (AvgIpc) is 2.82. The number of nitrogens with one attached hydrogen (secondary N) is 1. The van der Waals surface area contributed by atoms with E-state index in [1.807, 2.05) is 18.2 Å². The Morgan fingerprint density at radius 1 is 1.11 bits per heavy atom. The van der Waals surface area contributed by atoms with Gasteiger partial charge in [-0.1, -0.05) is 42.1 Å². The third-order valence-electron chi connectivity index (χ3n) is 4.15. The van der Waals surface area contributed by atoms with Gasteiger partial charge in [-0.05, 0) is 30.5 Å². The van der Waals surface area contributed by atoms with Crippen LogP contribution in [0.2, 0.25) is 10.0 Å². The van der Waals surface area contributed by atoms with Crippen LogP contribution in [0, 0.1) is 5.92 Å². The van der Waals surface area contributed by atoms with E-state index in [9.17, 15) is 0 Å². The molecule has 0 radical (unpaired) electrons. The first-order valence-corrected chi connectivity index (χ1v) is 7.81. The number of ether oxygens (including phenoxy) is 1. The molecule has 104 valence electrons. The Balaban J connectivity index is 1.78. The Bertz CT molecular complexity index is 442. The normalized spacial score (nSPS) is 22.4. The Morgan fingerprint density at radius 2 is 1.84 bits per heavy atom. The van der Waals surface area contributed by atoms with Crippen LogP contribution in [0.3, 0.4) is 0 Å². The largest absolute Gasteiger partial charge is 0.370 e. The standard InChI is InChI=1S/C15H19Cl2NO/c16-13-6-5-10(7-14(13)17)15(11-8-18-9-11)19-12-3-1-2-4-12/h5-7,11-12,15,18H,1-4,8-9H2. The van der Waals surface area contributed by atoms with Crippen LogP contribution < -0.4 is 5.32 Å². The minimum atomic E-state index is 0.152. The van der Waals surface area contributed by atoms with Crippen LogP contribution in [0.4, 0.5) is 0 Å². The summed E-state index contributed by atoms with van der Waals surface area (Å²) in [6.07, 6.45) is 5.54. The summed E-state index contributed by atoms with van der Waals surface area (Å²) in [5.41, 5.74) is 1.16. The predicted octanol–water partition coefficient (Wildman–Crippen LogP) is 4.21. The van der Waals surface area contributed by atoms with Gasteiger partial charge < -0.3 is 10.1 Å². The molecule has 1 aliphatic heterocycles. The third kappa shape index (κ3) is 3.08. The Kier molecular flexibility index (Phi) is 4.33. The molecular formula is C15H19Cl2NO. The van der Waals surface area contributed by atoms with Gasteiger partial charge in [-0.2, -0.15) is 0 Å². The molecule has 1 unspecified atom stereocenters. The van der Waals surface area contributed by atoms with E-state index in [0.717, 1.165) is 18.7 Å². The average molecular weight is 300 g/mol. The van der Waals surface area contributed by atoms with Gasteiger partial charge in [0, 0.05) is 19.0 Å². The maximum Gasteiger partial charge on any atom is 0.0881 e. The van der Waals surface area contributed by atoms with Crippen molar-refractivity contribution in [3.8, 4) is 0 Å². The zero-order valence-corrected chi connectivity index (χ0v) is 12.4. The molecule has 1 saturated heterocycles. The highest BCUT2D eigenvalue weighted by molar-refractivity contribution is 6.42. The molecule has 0 aromatic heterocycles. The number of hydrogen-bond donors (Lipinski definition) is 1. The molecule has 0 bridgehead atoms. The van der Waals surface area contributed by atoms with Crippen molar-refractivity contribution in [3.63, 3.8) is 0 Å². The molecule has 1 N–H and O–H groups in total. The predicted molar refractivity (Wildman–Crippen MR) is 78.9 cm³/mol. The molecule has 1 saturated carbocycles. The van der Waals surface area contributed by atoms with E-state index < -0.39 is 0 Å². The molecule has 0 spiro atoms. The molecule has 1 heterocycles. The minimum Gasteiger partial charge on any atom is -0.370 e. The Labute approximate surface area is 124 Å². The SMILES string of the molecule is Clc1ccc(C(OC2CCCC2)C2CNC2)cc1Cl. The highest BCUT2D eigenvalue weighted by Gasteiger charge is 2.32. The summed E-state index contributed by atoms with van der Waals surface area (Å²) in [6.45, 7) is 2.05.